The summed E-state index contributed by atoms with van der Waals surface area (Å²) in [7, 11) is 1.30. The highest BCUT2D eigenvalue weighted by atomic mass is 19.3. The van der Waals surface area contributed by atoms with Gasteiger partial charge < -0.3 is 14.6 Å². The van der Waals surface area contributed by atoms with Gasteiger partial charge in [-0.1, -0.05) is 24.0 Å². The fourth-order valence-electron chi connectivity index (χ4n) is 1.97. The van der Waals surface area contributed by atoms with E-state index >= 15 is 0 Å². The maximum atomic E-state index is 12.1. The molecule has 8 heteroatoms. The number of methoxy groups -OCH3 is 1. The van der Waals surface area contributed by atoms with E-state index in [2.05, 4.69) is 16.6 Å². The number of rotatable bonds is 5. The molecule has 0 saturated heterocycles. The maximum absolute atomic E-state index is 12.1. The van der Waals surface area contributed by atoms with E-state index in [1.54, 1.807) is 0 Å². The van der Waals surface area contributed by atoms with Crippen molar-refractivity contribution in [3.63, 3.8) is 0 Å². The largest absolute Gasteiger partial charge is 0.490 e. The molecule has 1 unspecified atom stereocenters. The minimum absolute atomic E-state index is 0.0287. The van der Waals surface area contributed by atoms with Crippen LogP contribution in [0.25, 0.3) is 0 Å². The molecule has 2 aromatic carbocycles. The van der Waals surface area contributed by atoms with Crippen molar-refractivity contribution in [3.05, 3.63) is 63.7 Å². The van der Waals surface area contributed by atoms with E-state index in [9.17, 15) is 24.0 Å². The second-order valence-corrected chi connectivity index (χ2v) is 4.76. The lowest BCUT2D eigenvalue weighted by Crippen LogP contribution is -2.02. The van der Waals surface area contributed by atoms with Crippen molar-refractivity contribution in [1.82, 2.24) is 0 Å². The van der Waals surface area contributed by atoms with Crippen LogP contribution in [-0.2, 0) is 0 Å². The summed E-state index contributed by atoms with van der Waals surface area (Å²) in [5.41, 5.74) is 0.616. The SMILES string of the molecule is COc1cc(C#CC(O)c2ccc(OC(F)F)cc2)ccc1[N+](=O)[O-]. The molecule has 130 valence electrons. The lowest BCUT2D eigenvalue weighted by Gasteiger charge is -2.07. The van der Waals surface area contributed by atoms with Crippen LogP contribution < -0.4 is 9.47 Å². The highest BCUT2D eigenvalue weighted by Gasteiger charge is 2.14. The summed E-state index contributed by atoms with van der Waals surface area (Å²) < 4.78 is 33.3. The average Bonchev–Trinajstić information content (AvgIpc) is 2.59. The molecule has 2 aromatic rings. The number of aliphatic hydroxyl groups is 1. The van der Waals surface area contributed by atoms with Gasteiger partial charge >= 0.3 is 12.3 Å². The van der Waals surface area contributed by atoms with Crippen LogP contribution in [0.15, 0.2) is 42.5 Å². The Morgan fingerprint density at radius 2 is 1.88 bits per heavy atom. The fraction of sp³-hybridized carbons (Fsp3) is 0.176. The minimum atomic E-state index is -2.92. The monoisotopic (exact) mass is 349 g/mol. The summed E-state index contributed by atoms with van der Waals surface area (Å²) in [5, 5.41) is 20.9. The first kappa shape index (κ1) is 18.2. The third kappa shape index (κ3) is 4.89. The highest BCUT2D eigenvalue weighted by Crippen LogP contribution is 2.27. The van der Waals surface area contributed by atoms with Crippen LogP contribution in [0.1, 0.15) is 17.2 Å². The predicted octanol–water partition coefficient (Wildman–Crippen LogP) is 3.29. The standard InChI is InChI=1S/C17H13F2NO5/c1-24-16-10-11(2-8-14(16)20(22)23)3-9-15(21)12-4-6-13(7-5-12)25-17(18)19/h2,4-8,10,15,17,21H,1H3. The number of halogens is 2. The van der Waals surface area contributed by atoms with Crippen LogP contribution >= 0.6 is 0 Å². The molecule has 0 spiro atoms. The van der Waals surface area contributed by atoms with E-state index in [0.717, 1.165) is 0 Å². The van der Waals surface area contributed by atoms with Crippen molar-refractivity contribution in [2.75, 3.05) is 7.11 Å². The highest BCUT2D eigenvalue weighted by molar-refractivity contribution is 5.52. The minimum Gasteiger partial charge on any atom is -0.490 e. The Bertz CT molecular complexity index is 812. The summed E-state index contributed by atoms with van der Waals surface area (Å²) in [6, 6.07) is 9.48. The first-order valence-corrected chi connectivity index (χ1v) is 6.97. The van der Waals surface area contributed by atoms with Crippen LogP contribution in [0, 0.1) is 22.0 Å². The van der Waals surface area contributed by atoms with Gasteiger partial charge in [-0.3, -0.25) is 10.1 Å². The summed E-state index contributed by atoms with van der Waals surface area (Å²) in [4.78, 5) is 10.3. The Balaban J connectivity index is 2.16. The third-order valence-corrected chi connectivity index (χ3v) is 3.15. The van der Waals surface area contributed by atoms with E-state index in [1.165, 1.54) is 49.6 Å². The zero-order valence-corrected chi connectivity index (χ0v) is 13.0. The van der Waals surface area contributed by atoms with E-state index in [1.807, 2.05) is 0 Å². The van der Waals surface area contributed by atoms with Gasteiger partial charge in [-0.25, -0.2) is 0 Å². The van der Waals surface area contributed by atoms with E-state index in [0.29, 0.717) is 11.1 Å². The first-order valence-electron chi connectivity index (χ1n) is 6.97. The van der Waals surface area contributed by atoms with Crippen molar-refractivity contribution in [3.8, 4) is 23.3 Å². The van der Waals surface area contributed by atoms with Gasteiger partial charge in [0.05, 0.1) is 12.0 Å². The Hall–Kier alpha value is -3.18. The molecular formula is C17H13F2NO5. The number of nitro benzene ring substituents is 1. The number of benzene rings is 2. The third-order valence-electron chi connectivity index (χ3n) is 3.15. The average molecular weight is 349 g/mol. The quantitative estimate of drug-likeness (QED) is 0.509. The Morgan fingerprint density at radius 3 is 2.44 bits per heavy atom. The van der Waals surface area contributed by atoms with Crippen molar-refractivity contribution in [2.24, 2.45) is 0 Å². The molecule has 1 N–H and O–H groups in total. The molecule has 25 heavy (non-hydrogen) atoms. The van der Waals surface area contributed by atoms with E-state index in [4.69, 9.17) is 4.74 Å². The van der Waals surface area contributed by atoms with Gasteiger partial charge in [0.25, 0.3) is 0 Å². The molecule has 1 atom stereocenters. The van der Waals surface area contributed by atoms with Gasteiger partial charge in [0.15, 0.2) is 5.75 Å². The number of alkyl halides is 2. The molecule has 0 aliphatic heterocycles. The zero-order chi connectivity index (χ0) is 18.4. The van der Waals surface area contributed by atoms with Crippen molar-refractivity contribution in [1.29, 1.82) is 0 Å². The number of aliphatic hydroxyl groups excluding tert-OH is 1. The summed E-state index contributed by atoms with van der Waals surface area (Å²) in [6.07, 6.45) is -1.17. The molecule has 0 aromatic heterocycles. The second kappa shape index (κ2) is 8.08. The molecule has 0 bridgehead atoms. The van der Waals surface area contributed by atoms with Crippen LogP contribution in [-0.4, -0.2) is 23.8 Å². The molecular weight excluding hydrogens is 336 g/mol. The summed E-state index contributed by atoms with van der Waals surface area (Å²) >= 11 is 0. The number of hydrogen-bond acceptors (Lipinski definition) is 5. The normalized spacial score (nSPS) is 11.4. The first-order chi connectivity index (χ1) is 11.9. The van der Waals surface area contributed by atoms with Gasteiger partial charge in [-0.2, -0.15) is 8.78 Å². The van der Waals surface area contributed by atoms with Crippen LogP contribution in [0.5, 0.6) is 11.5 Å². The van der Waals surface area contributed by atoms with Gasteiger partial charge in [-0.15, -0.1) is 0 Å². The van der Waals surface area contributed by atoms with Gasteiger partial charge in [0, 0.05) is 17.7 Å². The number of hydrogen-bond donors (Lipinski definition) is 1. The van der Waals surface area contributed by atoms with Crippen molar-refractivity contribution < 1.29 is 28.3 Å². The molecule has 6 nitrogen and oxygen atoms in total. The number of nitro groups is 1. The number of ether oxygens (including phenoxy) is 2. The molecule has 0 fully saturated rings. The van der Waals surface area contributed by atoms with E-state index < -0.39 is 17.6 Å². The molecule has 0 amide bonds. The van der Waals surface area contributed by atoms with Crippen LogP contribution in [0.2, 0.25) is 0 Å². The Labute approximate surface area is 141 Å². The molecule has 0 aliphatic rings. The molecule has 0 aliphatic carbocycles. The molecule has 0 heterocycles. The smallest absolute Gasteiger partial charge is 0.387 e. The van der Waals surface area contributed by atoms with Crippen molar-refractivity contribution in [2.45, 2.75) is 12.7 Å². The zero-order valence-electron chi connectivity index (χ0n) is 13.0. The number of nitrogens with zero attached hydrogens (tertiary/aromatic N) is 1. The van der Waals surface area contributed by atoms with Crippen LogP contribution in [0.4, 0.5) is 14.5 Å². The lowest BCUT2D eigenvalue weighted by atomic mass is 10.1. The van der Waals surface area contributed by atoms with Crippen molar-refractivity contribution >= 4 is 5.69 Å². The van der Waals surface area contributed by atoms with Gasteiger partial charge in [-0.05, 0) is 23.8 Å². The molecule has 0 saturated carbocycles. The second-order valence-electron chi connectivity index (χ2n) is 4.76. The Morgan fingerprint density at radius 1 is 1.20 bits per heavy atom. The van der Waals surface area contributed by atoms with Gasteiger partial charge in [0.2, 0.25) is 0 Å². The summed E-state index contributed by atoms with van der Waals surface area (Å²) in [5.74, 6) is 5.27. The van der Waals surface area contributed by atoms with E-state index in [-0.39, 0.29) is 17.2 Å². The van der Waals surface area contributed by atoms with Gasteiger partial charge in [0.1, 0.15) is 11.9 Å². The molecule has 2 rings (SSSR count). The summed E-state index contributed by atoms with van der Waals surface area (Å²) in [6.45, 7) is -2.92. The maximum Gasteiger partial charge on any atom is 0.387 e. The molecule has 0 radical (unpaired) electrons. The topological polar surface area (TPSA) is 81.8 Å². The predicted molar refractivity (Wildman–Crippen MR) is 84.6 cm³/mol. The fourth-order valence-corrected chi connectivity index (χ4v) is 1.97. The Kier molecular flexibility index (Phi) is 5.87. The lowest BCUT2D eigenvalue weighted by molar-refractivity contribution is -0.385. The van der Waals surface area contributed by atoms with Crippen LogP contribution in [0.3, 0.4) is 0 Å².